The normalized spacial score (nSPS) is 11.2. The molecule has 0 aliphatic rings. The fourth-order valence-corrected chi connectivity index (χ4v) is 0.824. The minimum Gasteiger partial charge on any atom is -0.360 e. The second kappa shape index (κ2) is 4.45. The molecule has 0 aliphatic heterocycles. The van der Waals surface area contributed by atoms with Gasteiger partial charge in [-0.05, 0) is 20.8 Å². The van der Waals surface area contributed by atoms with Crippen LogP contribution in [-0.4, -0.2) is 11.2 Å². The number of nitrogens with one attached hydrogen (secondary N) is 2. The molecule has 0 bridgehead atoms. The number of amides is 2. The number of anilines is 1. The van der Waals surface area contributed by atoms with Gasteiger partial charge in [-0.25, -0.2) is 4.79 Å². The molecule has 0 atom stereocenters. The lowest BCUT2D eigenvalue weighted by Gasteiger charge is -2.03. The van der Waals surface area contributed by atoms with Crippen LogP contribution in [0.15, 0.2) is 22.4 Å². The van der Waals surface area contributed by atoms with Gasteiger partial charge in [-0.3, -0.25) is 5.32 Å². The van der Waals surface area contributed by atoms with Gasteiger partial charge in [0, 0.05) is 11.8 Å². The fourth-order valence-electron chi connectivity index (χ4n) is 0.824. The van der Waals surface area contributed by atoms with Crippen molar-refractivity contribution in [2.75, 3.05) is 5.32 Å². The maximum atomic E-state index is 11.2. The smallest absolute Gasteiger partial charge is 0.324 e. The van der Waals surface area contributed by atoms with Crippen molar-refractivity contribution in [3.63, 3.8) is 0 Å². The van der Waals surface area contributed by atoms with E-state index < -0.39 is 0 Å². The van der Waals surface area contributed by atoms with E-state index in [4.69, 9.17) is 4.52 Å². The summed E-state index contributed by atoms with van der Waals surface area (Å²) in [6.07, 6.45) is 1.80. The third kappa shape index (κ3) is 2.93. The van der Waals surface area contributed by atoms with Crippen LogP contribution < -0.4 is 10.6 Å². The Morgan fingerprint density at radius 3 is 2.86 bits per heavy atom. The van der Waals surface area contributed by atoms with Crippen molar-refractivity contribution in [1.82, 2.24) is 10.5 Å². The van der Waals surface area contributed by atoms with Crippen molar-refractivity contribution in [1.29, 1.82) is 0 Å². The van der Waals surface area contributed by atoms with E-state index in [1.807, 2.05) is 6.92 Å². The van der Waals surface area contributed by atoms with Crippen LogP contribution >= 0.6 is 0 Å². The number of nitrogens with zero attached hydrogens (tertiary/aromatic N) is 1. The van der Waals surface area contributed by atoms with E-state index >= 15 is 0 Å². The number of carbonyl (C=O) groups is 1. The molecule has 0 fully saturated rings. The highest BCUT2D eigenvalue weighted by Crippen LogP contribution is 2.06. The average Bonchev–Trinajstić information content (AvgIpc) is 2.50. The quantitative estimate of drug-likeness (QED) is 0.758. The zero-order valence-electron chi connectivity index (χ0n) is 8.42. The lowest BCUT2D eigenvalue weighted by Crippen LogP contribution is -2.27. The summed E-state index contributed by atoms with van der Waals surface area (Å²) >= 11 is 0. The van der Waals surface area contributed by atoms with Crippen molar-refractivity contribution in [2.24, 2.45) is 0 Å². The Hall–Kier alpha value is -1.78. The van der Waals surface area contributed by atoms with Gasteiger partial charge in [0.1, 0.15) is 5.76 Å². The number of hydrogen-bond donors (Lipinski definition) is 2. The highest BCUT2D eigenvalue weighted by molar-refractivity contribution is 5.89. The first kappa shape index (κ1) is 10.3. The van der Waals surface area contributed by atoms with E-state index in [-0.39, 0.29) is 6.03 Å². The van der Waals surface area contributed by atoms with Crippen LogP contribution in [0.5, 0.6) is 0 Å². The highest BCUT2D eigenvalue weighted by atomic mass is 16.5. The molecule has 0 radical (unpaired) electrons. The third-order valence-electron chi connectivity index (χ3n) is 1.61. The van der Waals surface area contributed by atoms with Gasteiger partial charge in [0.05, 0.1) is 0 Å². The summed E-state index contributed by atoms with van der Waals surface area (Å²) in [5.41, 5.74) is 0.780. The number of hydrogen-bond acceptors (Lipinski definition) is 3. The molecule has 2 N–H and O–H groups in total. The number of allylic oxidation sites excluding steroid dienone is 2. The lowest BCUT2D eigenvalue weighted by molar-refractivity contribution is 0.254. The molecule has 0 unspecified atom stereocenters. The van der Waals surface area contributed by atoms with Crippen LogP contribution in [-0.2, 0) is 0 Å². The van der Waals surface area contributed by atoms with Crippen molar-refractivity contribution in [2.45, 2.75) is 20.8 Å². The second-order valence-corrected chi connectivity index (χ2v) is 2.87. The molecule has 5 heteroatoms. The molecule has 14 heavy (non-hydrogen) atoms. The summed E-state index contributed by atoms with van der Waals surface area (Å²) in [5, 5.41) is 8.77. The van der Waals surface area contributed by atoms with Crippen LogP contribution in [0.1, 0.15) is 19.6 Å². The summed E-state index contributed by atoms with van der Waals surface area (Å²) in [6.45, 7) is 5.40. The first-order valence-electron chi connectivity index (χ1n) is 4.26. The molecule has 0 spiro atoms. The maximum absolute atomic E-state index is 11.2. The van der Waals surface area contributed by atoms with Crippen LogP contribution in [0.2, 0.25) is 0 Å². The lowest BCUT2D eigenvalue weighted by atomic mass is 10.4. The van der Waals surface area contributed by atoms with Crippen molar-refractivity contribution in [3.8, 4) is 0 Å². The topological polar surface area (TPSA) is 67.2 Å². The van der Waals surface area contributed by atoms with E-state index in [0.29, 0.717) is 11.6 Å². The fraction of sp³-hybridized carbons (Fsp3) is 0.333. The van der Waals surface area contributed by atoms with Crippen molar-refractivity contribution in [3.05, 3.63) is 23.6 Å². The Morgan fingerprint density at radius 2 is 2.36 bits per heavy atom. The van der Waals surface area contributed by atoms with Gasteiger partial charge < -0.3 is 9.84 Å². The van der Waals surface area contributed by atoms with E-state index in [2.05, 4.69) is 15.8 Å². The van der Waals surface area contributed by atoms with Gasteiger partial charge in [0.25, 0.3) is 0 Å². The Morgan fingerprint density at radius 1 is 1.64 bits per heavy atom. The first-order valence-corrected chi connectivity index (χ1v) is 4.26. The van der Waals surface area contributed by atoms with E-state index in [0.717, 1.165) is 5.70 Å². The van der Waals surface area contributed by atoms with Crippen molar-refractivity contribution >= 4 is 11.8 Å². The molecule has 1 rings (SSSR count). The summed E-state index contributed by atoms with van der Waals surface area (Å²) in [4.78, 5) is 11.2. The van der Waals surface area contributed by atoms with E-state index in [1.54, 1.807) is 26.0 Å². The van der Waals surface area contributed by atoms with Gasteiger partial charge in [-0.1, -0.05) is 11.2 Å². The molecule has 5 nitrogen and oxygen atoms in total. The number of carbonyl (C=O) groups excluding carboxylic acids is 1. The Labute approximate surface area is 82.2 Å². The predicted molar refractivity (Wildman–Crippen MR) is 52.8 cm³/mol. The molecule has 76 valence electrons. The molecule has 2 amide bonds. The Kier molecular flexibility index (Phi) is 3.28. The average molecular weight is 195 g/mol. The molecule has 0 saturated carbocycles. The second-order valence-electron chi connectivity index (χ2n) is 2.87. The van der Waals surface area contributed by atoms with Crippen LogP contribution in [0, 0.1) is 6.92 Å². The highest BCUT2D eigenvalue weighted by Gasteiger charge is 2.04. The van der Waals surface area contributed by atoms with E-state index in [9.17, 15) is 4.79 Å². The summed E-state index contributed by atoms with van der Waals surface area (Å²) in [6, 6.07) is 1.32. The minimum atomic E-state index is -0.325. The van der Waals surface area contributed by atoms with Crippen molar-refractivity contribution < 1.29 is 9.32 Å². The standard InChI is InChI=1S/C9H13N3O2/c1-4-6(2)10-9(13)11-8-5-7(3)14-12-8/h4-5H,1-3H3,(H2,10,11,12,13). The largest absolute Gasteiger partial charge is 0.360 e. The predicted octanol–water partition coefficient (Wildman–Crippen LogP) is 2.03. The Bertz CT molecular complexity index is 355. The molecule has 0 aliphatic carbocycles. The SMILES string of the molecule is CC=C(C)NC(=O)Nc1cc(C)on1. The molecule has 0 aromatic carbocycles. The molecular formula is C9H13N3O2. The molecule has 1 aromatic rings. The van der Waals surface area contributed by atoms with Gasteiger partial charge in [0.2, 0.25) is 0 Å². The van der Waals surface area contributed by atoms with Gasteiger partial charge in [-0.15, -0.1) is 0 Å². The summed E-state index contributed by atoms with van der Waals surface area (Å²) in [5.74, 6) is 1.06. The number of rotatable bonds is 2. The minimum absolute atomic E-state index is 0.325. The van der Waals surface area contributed by atoms with Crippen LogP contribution in [0.4, 0.5) is 10.6 Å². The summed E-state index contributed by atoms with van der Waals surface area (Å²) in [7, 11) is 0. The van der Waals surface area contributed by atoms with Crippen LogP contribution in [0.25, 0.3) is 0 Å². The number of aryl methyl sites for hydroxylation is 1. The van der Waals surface area contributed by atoms with Gasteiger partial charge in [-0.2, -0.15) is 0 Å². The Balaban J connectivity index is 2.49. The summed E-state index contributed by atoms with van der Waals surface area (Å²) < 4.78 is 4.79. The van der Waals surface area contributed by atoms with Crippen LogP contribution in [0.3, 0.4) is 0 Å². The zero-order chi connectivity index (χ0) is 10.6. The van der Waals surface area contributed by atoms with E-state index in [1.165, 1.54) is 0 Å². The first-order chi connectivity index (χ1) is 6.61. The maximum Gasteiger partial charge on any atom is 0.324 e. The molecule has 0 saturated heterocycles. The number of urea groups is 1. The third-order valence-corrected chi connectivity index (χ3v) is 1.61. The van der Waals surface area contributed by atoms with Gasteiger partial charge >= 0.3 is 6.03 Å². The molecule has 1 aromatic heterocycles. The monoisotopic (exact) mass is 195 g/mol. The number of aromatic nitrogens is 1. The molecule has 1 heterocycles. The zero-order valence-corrected chi connectivity index (χ0v) is 8.42. The van der Waals surface area contributed by atoms with Gasteiger partial charge in [0.15, 0.2) is 5.82 Å². The molecular weight excluding hydrogens is 182 g/mol.